The number of aromatic amines is 1. The van der Waals surface area contributed by atoms with Crippen molar-refractivity contribution < 1.29 is 13.2 Å². The van der Waals surface area contributed by atoms with Crippen molar-refractivity contribution in [3.8, 4) is 5.88 Å². The van der Waals surface area contributed by atoms with Crippen LogP contribution in [0.1, 0.15) is 18.4 Å². The van der Waals surface area contributed by atoms with Gasteiger partial charge in [0.25, 0.3) is 5.88 Å². The fraction of sp³-hybridized carbons (Fsp3) is 0.400. The number of benzene rings is 1. The molecule has 29 heavy (non-hydrogen) atoms. The van der Waals surface area contributed by atoms with Crippen molar-refractivity contribution in [2.24, 2.45) is 0 Å². The Morgan fingerprint density at radius 2 is 1.97 bits per heavy atom. The first-order chi connectivity index (χ1) is 14.0. The van der Waals surface area contributed by atoms with Gasteiger partial charge >= 0.3 is 0 Å². The maximum atomic E-state index is 11.5. The van der Waals surface area contributed by atoms with Crippen LogP contribution in [-0.4, -0.2) is 60.3 Å². The van der Waals surface area contributed by atoms with Gasteiger partial charge in [-0.25, -0.2) is 18.4 Å². The summed E-state index contributed by atoms with van der Waals surface area (Å²) in [5, 5.41) is 1.29. The first-order valence-corrected chi connectivity index (χ1v) is 11.6. The summed E-state index contributed by atoms with van der Waals surface area (Å²) >= 11 is 0. The second-order valence-electron chi connectivity index (χ2n) is 7.35. The number of hydrogen-bond acceptors (Lipinski definition) is 6. The van der Waals surface area contributed by atoms with Crippen LogP contribution in [0.2, 0.25) is 0 Å². The molecule has 0 atom stereocenters. The van der Waals surface area contributed by atoms with E-state index in [4.69, 9.17) is 4.74 Å². The van der Waals surface area contributed by atoms with Crippen molar-refractivity contribution in [3.05, 3.63) is 48.4 Å². The Labute approximate surface area is 170 Å². The largest absolute Gasteiger partial charge is 0.472 e. The van der Waals surface area contributed by atoms with Crippen molar-refractivity contribution in [1.82, 2.24) is 19.9 Å². The third kappa shape index (κ3) is 5.04. The maximum absolute atomic E-state index is 11.5. The van der Waals surface area contributed by atoms with Gasteiger partial charge < -0.3 is 14.6 Å². The Bertz CT molecular complexity index is 1070. The molecule has 0 bridgehead atoms. The van der Waals surface area contributed by atoms with Crippen molar-refractivity contribution >= 4 is 26.7 Å². The Hall–Kier alpha value is -2.65. The third-order valence-corrected chi connectivity index (χ3v) is 5.70. The number of piperidine rings is 1. The lowest BCUT2D eigenvalue weighted by Crippen LogP contribution is -2.39. The van der Waals surface area contributed by atoms with E-state index < -0.39 is 10.0 Å². The van der Waals surface area contributed by atoms with Gasteiger partial charge in [0, 0.05) is 49.1 Å². The van der Waals surface area contributed by atoms with E-state index in [1.54, 1.807) is 0 Å². The lowest BCUT2D eigenvalue weighted by Gasteiger charge is -2.32. The van der Waals surface area contributed by atoms with Gasteiger partial charge in [0.05, 0.1) is 6.26 Å². The van der Waals surface area contributed by atoms with E-state index >= 15 is 0 Å². The molecule has 154 valence electrons. The van der Waals surface area contributed by atoms with Crippen molar-refractivity contribution in [1.29, 1.82) is 0 Å². The molecular weight excluding hydrogens is 390 g/mol. The number of likely N-dealkylation sites (tertiary alicyclic amines) is 1. The molecule has 1 fully saturated rings. The highest BCUT2D eigenvalue weighted by Gasteiger charge is 2.23. The lowest BCUT2D eigenvalue weighted by molar-refractivity contribution is 0.0979. The topological polar surface area (TPSA) is 100 Å². The fourth-order valence-corrected chi connectivity index (χ4v) is 4.17. The van der Waals surface area contributed by atoms with Crippen LogP contribution in [0.15, 0.2) is 42.9 Å². The van der Waals surface area contributed by atoms with Crippen molar-refractivity contribution in [3.63, 3.8) is 0 Å². The Morgan fingerprint density at radius 1 is 1.21 bits per heavy atom. The number of anilines is 1. The molecule has 0 amide bonds. The number of sulfonamides is 1. The second-order valence-corrected chi connectivity index (χ2v) is 9.10. The van der Waals surface area contributed by atoms with Gasteiger partial charge in [-0.15, -0.1) is 0 Å². The number of para-hydroxylation sites is 1. The summed E-state index contributed by atoms with van der Waals surface area (Å²) in [7, 11) is -3.44. The number of H-pyrrole nitrogens is 1. The van der Waals surface area contributed by atoms with E-state index in [0.29, 0.717) is 0 Å². The number of fused-ring (bicyclic) bond motifs is 1. The molecule has 8 nitrogen and oxygen atoms in total. The number of rotatable bonds is 7. The molecule has 9 heteroatoms. The summed E-state index contributed by atoms with van der Waals surface area (Å²) < 4.78 is 31.3. The smallest absolute Gasteiger partial charge is 0.258 e. The monoisotopic (exact) mass is 415 g/mol. The maximum Gasteiger partial charge on any atom is 0.258 e. The first-order valence-electron chi connectivity index (χ1n) is 9.71. The number of aromatic nitrogens is 3. The predicted molar refractivity (Wildman–Crippen MR) is 113 cm³/mol. The summed E-state index contributed by atoms with van der Waals surface area (Å²) in [5.74, 6) is 0.368. The number of ether oxygens (including phenoxy) is 1. The van der Waals surface area contributed by atoms with Crippen LogP contribution in [0, 0.1) is 0 Å². The zero-order chi connectivity index (χ0) is 20.3. The van der Waals surface area contributed by atoms with Gasteiger partial charge in [0.1, 0.15) is 6.10 Å². The molecule has 0 spiro atoms. The van der Waals surface area contributed by atoms with Gasteiger partial charge in [-0.1, -0.05) is 18.2 Å². The molecule has 1 aromatic carbocycles. The Kier molecular flexibility index (Phi) is 5.68. The van der Waals surface area contributed by atoms with E-state index in [-0.39, 0.29) is 17.8 Å². The lowest BCUT2D eigenvalue weighted by atomic mass is 10.1. The molecule has 4 rings (SSSR count). The van der Waals surface area contributed by atoms with Gasteiger partial charge in [0.15, 0.2) is 0 Å². The quantitative estimate of drug-likeness (QED) is 0.615. The highest BCUT2D eigenvalue weighted by atomic mass is 32.2. The third-order valence-electron chi connectivity index (χ3n) is 5.13. The SMILES string of the molecule is CS(=O)(=O)Nc1nccnc1OC1CCN(CCc2c[nH]c3ccccc23)CC1. The minimum atomic E-state index is -3.44. The number of hydrogen-bond donors (Lipinski definition) is 2. The van der Waals surface area contributed by atoms with Crippen LogP contribution < -0.4 is 9.46 Å². The predicted octanol–water partition coefficient (Wildman–Crippen LogP) is 2.42. The minimum absolute atomic E-state index is 0.00357. The average Bonchev–Trinajstić information content (AvgIpc) is 3.11. The van der Waals surface area contributed by atoms with Crippen LogP contribution in [0.3, 0.4) is 0 Å². The van der Waals surface area contributed by atoms with Crippen LogP contribution in [0.4, 0.5) is 5.82 Å². The number of nitrogens with zero attached hydrogens (tertiary/aromatic N) is 3. The fourth-order valence-electron chi connectivity index (χ4n) is 3.68. The van der Waals surface area contributed by atoms with Gasteiger partial charge in [-0.2, -0.15) is 0 Å². The molecule has 1 aliphatic heterocycles. The standard InChI is InChI=1S/C20H25N5O3S/c1-29(26,27)24-19-20(22-10-9-21-19)28-16-7-12-25(13-8-16)11-6-15-14-23-18-5-3-2-4-17(15)18/h2-5,9-10,14,16,23H,6-8,11-13H2,1H3,(H,21,24). The highest BCUT2D eigenvalue weighted by Crippen LogP contribution is 2.24. The molecule has 1 aliphatic rings. The Morgan fingerprint density at radius 3 is 2.76 bits per heavy atom. The summed E-state index contributed by atoms with van der Waals surface area (Å²) in [6, 6.07) is 8.37. The molecule has 2 N–H and O–H groups in total. The molecule has 3 heterocycles. The van der Waals surface area contributed by atoms with E-state index in [0.717, 1.165) is 45.2 Å². The zero-order valence-corrected chi connectivity index (χ0v) is 17.2. The van der Waals surface area contributed by atoms with Gasteiger partial charge in [0.2, 0.25) is 15.8 Å². The van der Waals surface area contributed by atoms with E-state index in [2.05, 4.69) is 49.0 Å². The summed E-state index contributed by atoms with van der Waals surface area (Å²) in [6.45, 7) is 2.87. The van der Waals surface area contributed by atoms with Crippen molar-refractivity contribution in [2.75, 3.05) is 30.6 Å². The van der Waals surface area contributed by atoms with Gasteiger partial charge in [-0.3, -0.25) is 4.72 Å². The second kappa shape index (κ2) is 8.38. The summed E-state index contributed by atoms with van der Waals surface area (Å²) in [4.78, 5) is 14.0. The van der Waals surface area contributed by atoms with Crippen LogP contribution in [0.25, 0.3) is 10.9 Å². The average molecular weight is 416 g/mol. The number of nitrogens with one attached hydrogen (secondary N) is 2. The molecule has 0 unspecified atom stereocenters. The molecule has 0 saturated carbocycles. The molecule has 1 saturated heterocycles. The normalized spacial score (nSPS) is 16.2. The van der Waals surface area contributed by atoms with E-state index in [1.807, 2.05) is 6.07 Å². The minimum Gasteiger partial charge on any atom is -0.472 e. The van der Waals surface area contributed by atoms with Gasteiger partial charge in [-0.05, 0) is 30.9 Å². The molecular formula is C20H25N5O3S. The molecule has 3 aromatic rings. The molecule has 0 aliphatic carbocycles. The molecule has 2 aromatic heterocycles. The summed E-state index contributed by atoms with van der Waals surface area (Å²) in [5.41, 5.74) is 2.52. The molecule has 0 radical (unpaired) electrons. The van der Waals surface area contributed by atoms with Crippen LogP contribution >= 0.6 is 0 Å². The summed E-state index contributed by atoms with van der Waals surface area (Å²) in [6.07, 6.45) is 8.85. The zero-order valence-electron chi connectivity index (χ0n) is 16.3. The van der Waals surface area contributed by atoms with E-state index in [1.165, 1.54) is 28.9 Å². The van der Waals surface area contributed by atoms with Crippen LogP contribution in [0.5, 0.6) is 5.88 Å². The van der Waals surface area contributed by atoms with E-state index in [9.17, 15) is 8.42 Å². The first kappa shape index (κ1) is 19.7. The highest BCUT2D eigenvalue weighted by molar-refractivity contribution is 7.92. The van der Waals surface area contributed by atoms with Crippen molar-refractivity contribution in [2.45, 2.75) is 25.4 Å². The Balaban J connectivity index is 1.30. The van der Waals surface area contributed by atoms with Crippen LogP contribution in [-0.2, 0) is 16.4 Å².